The van der Waals surface area contributed by atoms with E-state index in [9.17, 15) is 33.2 Å². The first-order valence-corrected chi connectivity index (χ1v) is 11.7. The molecule has 13 nitrogen and oxygen atoms in total. The van der Waals surface area contributed by atoms with Crippen molar-refractivity contribution in [2.75, 3.05) is 13.6 Å². The van der Waals surface area contributed by atoms with Gasteiger partial charge in [0.15, 0.2) is 6.73 Å². The highest BCUT2D eigenvalue weighted by atomic mass is 19.1. The van der Waals surface area contributed by atoms with Crippen LogP contribution in [0.15, 0.2) is 15.8 Å². The molecular weight excluding hydrogens is 479 g/mol. The summed E-state index contributed by atoms with van der Waals surface area (Å²) in [5, 5.41) is 5.13. The number of nitrogens with one attached hydrogen (secondary N) is 3. The second kappa shape index (κ2) is 15.3. The predicted molar refractivity (Wildman–Crippen MR) is 127 cm³/mol. The third kappa shape index (κ3) is 11.1. The first-order chi connectivity index (χ1) is 16.9. The standard InChI is InChI=1S/C22H35FN6O7/c1-4-5-6-7-8-9-18(31)26-16(10-17(24)30)20(33)25-14(2)11-28(3)22(35)36-13-29-12-15(23)19(32)27-21(29)34/h12,14,16H,4-11,13H2,1-3H3,(H2,24,30)(H,25,33)(H,26,31)(H,27,32,34)/t14-,16+/m0/s1. The second-order valence-electron chi connectivity index (χ2n) is 8.49. The molecule has 0 unspecified atom stereocenters. The van der Waals surface area contributed by atoms with Crippen molar-refractivity contribution in [3.63, 3.8) is 0 Å². The Labute approximate surface area is 207 Å². The van der Waals surface area contributed by atoms with E-state index in [-0.39, 0.29) is 25.3 Å². The quantitative estimate of drug-likeness (QED) is 0.236. The number of H-pyrrole nitrogens is 1. The molecule has 2 atom stereocenters. The smallest absolute Gasteiger partial charge is 0.411 e. The molecule has 0 aliphatic rings. The predicted octanol–water partition coefficient (Wildman–Crippen LogP) is -0.0730. The Kier molecular flexibility index (Phi) is 12.9. The lowest BCUT2D eigenvalue weighted by atomic mass is 10.1. The number of rotatable bonds is 15. The normalized spacial score (nSPS) is 12.3. The van der Waals surface area contributed by atoms with Gasteiger partial charge in [0.05, 0.1) is 12.6 Å². The number of primary amides is 1. The maximum absolute atomic E-state index is 13.3. The van der Waals surface area contributed by atoms with Crippen molar-refractivity contribution in [2.45, 2.75) is 77.6 Å². The highest BCUT2D eigenvalue weighted by Gasteiger charge is 2.25. The van der Waals surface area contributed by atoms with Crippen LogP contribution in [0.5, 0.6) is 0 Å². The molecule has 0 aromatic carbocycles. The summed E-state index contributed by atoms with van der Waals surface area (Å²) in [4.78, 5) is 73.9. The first-order valence-electron chi connectivity index (χ1n) is 11.7. The minimum atomic E-state index is -1.22. The Balaban J connectivity index is 2.58. The third-order valence-corrected chi connectivity index (χ3v) is 5.11. The lowest BCUT2D eigenvalue weighted by molar-refractivity contribution is -0.131. The Morgan fingerprint density at radius 2 is 1.83 bits per heavy atom. The zero-order valence-electron chi connectivity index (χ0n) is 20.8. The van der Waals surface area contributed by atoms with E-state index in [4.69, 9.17) is 10.5 Å². The van der Waals surface area contributed by atoms with Gasteiger partial charge in [0.2, 0.25) is 23.5 Å². The van der Waals surface area contributed by atoms with Crippen LogP contribution in [0.4, 0.5) is 9.18 Å². The van der Waals surface area contributed by atoms with Gasteiger partial charge in [0.1, 0.15) is 6.04 Å². The van der Waals surface area contributed by atoms with Crippen molar-refractivity contribution in [3.05, 3.63) is 32.9 Å². The van der Waals surface area contributed by atoms with Crippen LogP contribution in [0.1, 0.15) is 58.8 Å². The van der Waals surface area contributed by atoms with Gasteiger partial charge in [0, 0.05) is 26.1 Å². The number of hydrogen-bond donors (Lipinski definition) is 4. The molecule has 1 aromatic heterocycles. The largest absolute Gasteiger partial charge is 0.427 e. The van der Waals surface area contributed by atoms with Gasteiger partial charge in [-0.25, -0.2) is 9.59 Å². The van der Waals surface area contributed by atoms with E-state index in [1.165, 1.54) is 7.05 Å². The highest BCUT2D eigenvalue weighted by Crippen LogP contribution is 2.05. The number of carbonyl (C=O) groups excluding carboxylic acids is 4. The topological polar surface area (TPSA) is 186 Å². The molecule has 5 N–H and O–H groups in total. The number of likely N-dealkylation sites (N-methyl/N-ethyl adjacent to an activating group) is 1. The summed E-state index contributed by atoms with van der Waals surface area (Å²) in [5.41, 5.74) is 3.07. The van der Waals surface area contributed by atoms with Crippen LogP contribution < -0.4 is 27.6 Å². The fourth-order valence-electron chi connectivity index (χ4n) is 3.25. The van der Waals surface area contributed by atoms with Crippen LogP contribution in [-0.4, -0.2) is 63.9 Å². The third-order valence-electron chi connectivity index (χ3n) is 5.11. The second-order valence-corrected chi connectivity index (χ2v) is 8.49. The molecule has 0 radical (unpaired) electrons. The number of ether oxygens (including phenoxy) is 1. The average Bonchev–Trinajstić information content (AvgIpc) is 2.79. The van der Waals surface area contributed by atoms with E-state index in [0.717, 1.165) is 30.6 Å². The monoisotopic (exact) mass is 514 g/mol. The van der Waals surface area contributed by atoms with E-state index >= 15 is 0 Å². The number of hydrogen-bond acceptors (Lipinski definition) is 7. The Hall–Kier alpha value is -3.71. The maximum atomic E-state index is 13.3. The van der Waals surface area contributed by atoms with E-state index in [2.05, 4.69) is 17.6 Å². The number of aromatic nitrogens is 2. The Morgan fingerprint density at radius 3 is 2.47 bits per heavy atom. The summed E-state index contributed by atoms with van der Waals surface area (Å²) >= 11 is 0. The van der Waals surface area contributed by atoms with Crippen molar-refractivity contribution < 1.29 is 28.3 Å². The molecule has 0 fully saturated rings. The minimum absolute atomic E-state index is 0.0336. The number of amides is 4. The lowest BCUT2D eigenvalue weighted by Crippen LogP contribution is -2.52. The van der Waals surface area contributed by atoms with Gasteiger partial charge in [-0.05, 0) is 13.3 Å². The molecule has 0 aliphatic carbocycles. The van der Waals surface area contributed by atoms with Crippen molar-refractivity contribution in [1.29, 1.82) is 0 Å². The summed E-state index contributed by atoms with van der Waals surface area (Å²) in [6.45, 7) is 2.98. The highest BCUT2D eigenvalue weighted by molar-refractivity contribution is 5.91. The SMILES string of the molecule is CCCCCCCC(=O)N[C@H](CC(N)=O)C(=O)N[C@@H](C)CN(C)C(=O)OCn1cc(F)c(=O)[nH]c1=O. The van der Waals surface area contributed by atoms with Gasteiger partial charge in [-0.15, -0.1) is 0 Å². The number of aromatic amines is 1. The molecule has 1 rings (SSSR count). The van der Waals surface area contributed by atoms with Crippen molar-refractivity contribution in [3.8, 4) is 0 Å². The maximum Gasteiger partial charge on any atom is 0.411 e. The van der Waals surface area contributed by atoms with Gasteiger partial charge in [-0.2, -0.15) is 4.39 Å². The van der Waals surface area contributed by atoms with Gasteiger partial charge in [-0.3, -0.25) is 28.7 Å². The Morgan fingerprint density at radius 1 is 1.17 bits per heavy atom. The van der Waals surface area contributed by atoms with Crippen LogP contribution in [-0.2, 0) is 25.9 Å². The van der Waals surface area contributed by atoms with E-state index < -0.39 is 53.8 Å². The lowest BCUT2D eigenvalue weighted by Gasteiger charge is -2.24. The summed E-state index contributed by atoms with van der Waals surface area (Å²) in [6, 6.07) is -1.78. The summed E-state index contributed by atoms with van der Waals surface area (Å²) in [5.74, 6) is -2.99. The molecule has 36 heavy (non-hydrogen) atoms. The molecule has 202 valence electrons. The molecule has 0 spiro atoms. The first kappa shape index (κ1) is 30.3. The van der Waals surface area contributed by atoms with Crippen molar-refractivity contribution >= 4 is 23.8 Å². The zero-order valence-corrected chi connectivity index (χ0v) is 20.8. The molecule has 14 heteroatoms. The average molecular weight is 515 g/mol. The minimum Gasteiger partial charge on any atom is -0.427 e. The summed E-state index contributed by atoms with van der Waals surface area (Å²) in [7, 11) is 1.36. The van der Waals surface area contributed by atoms with Gasteiger partial charge >= 0.3 is 11.8 Å². The number of unbranched alkanes of at least 4 members (excludes halogenated alkanes) is 4. The van der Waals surface area contributed by atoms with E-state index in [1.54, 1.807) is 11.9 Å². The molecule has 4 amide bonds. The van der Waals surface area contributed by atoms with Gasteiger partial charge in [0.25, 0.3) is 5.56 Å². The van der Waals surface area contributed by atoms with Gasteiger partial charge in [-0.1, -0.05) is 32.6 Å². The number of nitrogens with two attached hydrogens (primary N) is 1. The van der Waals surface area contributed by atoms with Crippen molar-refractivity contribution in [1.82, 2.24) is 25.1 Å². The van der Waals surface area contributed by atoms with Crippen LogP contribution in [0.25, 0.3) is 0 Å². The van der Waals surface area contributed by atoms with Crippen LogP contribution in [0, 0.1) is 5.82 Å². The number of carbonyl (C=O) groups is 4. The molecule has 0 bridgehead atoms. The van der Waals surface area contributed by atoms with Crippen LogP contribution in [0.3, 0.4) is 0 Å². The van der Waals surface area contributed by atoms with E-state index in [0.29, 0.717) is 17.2 Å². The summed E-state index contributed by atoms with van der Waals surface area (Å²) < 4.78 is 18.9. The van der Waals surface area contributed by atoms with Crippen LogP contribution in [0.2, 0.25) is 0 Å². The zero-order chi connectivity index (χ0) is 27.3. The fourth-order valence-corrected chi connectivity index (χ4v) is 3.25. The molecule has 0 saturated heterocycles. The summed E-state index contributed by atoms with van der Waals surface area (Å²) in [6.07, 6.45) is 4.28. The Bertz CT molecular complexity index is 1020. The number of nitrogens with zero attached hydrogens (tertiary/aromatic N) is 2. The van der Waals surface area contributed by atoms with E-state index in [1.807, 2.05) is 0 Å². The van der Waals surface area contributed by atoms with Gasteiger partial charge < -0.3 is 26.0 Å². The molecule has 0 saturated carbocycles. The fraction of sp³-hybridized carbons (Fsp3) is 0.636. The molecule has 1 heterocycles. The molecular formula is C22H35FN6O7. The number of halogens is 1. The molecule has 0 aliphatic heterocycles. The van der Waals surface area contributed by atoms with Crippen molar-refractivity contribution in [2.24, 2.45) is 5.73 Å². The molecule has 1 aromatic rings. The van der Waals surface area contributed by atoms with Crippen LogP contribution >= 0.6 is 0 Å².